The highest BCUT2D eigenvalue weighted by Gasteiger charge is 2.39. The lowest BCUT2D eigenvalue weighted by molar-refractivity contribution is 0.173. The minimum atomic E-state index is 0.866. The van der Waals surface area contributed by atoms with E-state index in [-0.39, 0.29) is 0 Å². The minimum Gasteiger partial charge on any atom is -0.309 e. The fourth-order valence-electron chi connectivity index (χ4n) is 4.08. The van der Waals surface area contributed by atoms with Crippen LogP contribution in [-0.4, -0.2) is 25.5 Å². The van der Waals surface area contributed by atoms with Crippen LogP contribution in [0.5, 0.6) is 0 Å². The van der Waals surface area contributed by atoms with Crippen molar-refractivity contribution in [1.29, 1.82) is 0 Å². The van der Waals surface area contributed by atoms with Crippen molar-refractivity contribution < 1.29 is 0 Å². The molecule has 0 amide bonds. The van der Waals surface area contributed by atoms with E-state index in [1.165, 1.54) is 32.2 Å². The number of fused-ring (bicyclic) bond motifs is 3. The smallest absolute Gasteiger partial charge is 0.000654 e. The molecule has 1 saturated carbocycles. The molecule has 92 valence electrons. The zero-order valence-corrected chi connectivity index (χ0v) is 11.0. The lowest BCUT2D eigenvalue weighted by Gasteiger charge is -2.35. The van der Waals surface area contributed by atoms with Crippen LogP contribution in [0, 0.1) is 11.8 Å². The topological polar surface area (TPSA) is 3.24 Å². The Morgan fingerprint density at radius 1 is 1.18 bits per heavy atom. The van der Waals surface area contributed by atoms with Crippen LogP contribution < -0.4 is 0 Å². The van der Waals surface area contributed by atoms with Crippen LogP contribution in [0.3, 0.4) is 0 Å². The maximum absolute atomic E-state index is 2.37. The third kappa shape index (κ3) is 2.01. The minimum absolute atomic E-state index is 0.866. The van der Waals surface area contributed by atoms with Gasteiger partial charge in [0.15, 0.2) is 0 Å². The second-order valence-corrected chi connectivity index (χ2v) is 6.13. The number of benzene rings is 1. The summed E-state index contributed by atoms with van der Waals surface area (Å²) in [7, 11) is 4.43. The summed E-state index contributed by atoms with van der Waals surface area (Å²) >= 11 is 0. The van der Waals surface area contributed by atoms with E-state index in [0.29, 0.717) is 0 Å². The number of rotatable bonds is 2. The highest BCUT2D eigenvalue weighted by Crippen LogP contribution is 2.49. The van der Waals surface area contributed by atoms with E-state index in [4.69, 9.17) is 0 Å². The van der Waals surface area contributed by atoms with Crippen molar-refractivity contribution in [1.82, 2.24) is 4.90 Å². The molecule has 3 rings (SSSR count). The summed E-state index contributed by atoms with van der Waals surface area (Å²) in [6.07, 6.45) is 5.62. The normalized spacial score (nSPS) is 31.4. The average molecular weight is 229 g/mol. The molecule has 1 nitrogen and oxygen atoms in total. The molecule has 0 N–H and O–H groups in total. The van der Waals surface area contributed by atoms with Gasteiger partial charge in [-0.15, -0.1) is 0 Å². The van der Waals surface area contributed by atoms with E-state index in [2.05, 4.69) is 43.3 Å². The van der Waals surface area contributed by atoms with E-state index in [0.717, 1.165) is 17.8 Å². The quantitative estimate of drug-likeness (QED) is 0.752. The molecule has 0 saturated heterocycles. The fourth-order valence-corrected chi connectivity index (χ4v) is 4.08. The van der Waals surface area contributed by atoms with Crippen molar-refractivity contribution in [2.24, 2.45) is 11.8 Å². The lowest BCUT2D eigenvalue weighted by Crippen LogP contribution is -2.32. The molecule has 0 aromatic heterocycles. The molecular weight excluding hydrogens is 206 g/mol. The van der Waals surface area contributed by atoms with Gasteiger partial charge in [0.1, 0.15) is 0 Å². The molecule has 0 heterocycles. The van der Waals surface area contributed by atoms with Crippen molar-refractivity contribution >= 4 is 0 Å². The van der Waals surface area contributed by atoms with Crippen molar-refractivity contribution in [2.75, 3.05) is 20.6 Å². The van der Waals surface area contributed by atoms with E-state index < -0.39 is 0 Å². The van der Waals surface area contributed by atoms with Gasteiger partial charge in [0.2, 0.25) is 0 Å². The molecule has 2 aliphatic carbocycles. The Morgan fingerprint density at radius 3 is 2.82 bits per heavy atom. The van der Waals surface area contributed by atoms with Crippen LogP contribution in [-0.2, 0) is 6.42 Å². The van der Waals surface area contributed by atoms with E-state index in [1.807, 2.05) is 0 Å². The summed E-state index contributed by atoms with van der Waals surface area (Å²) in [5.74, 6) is 2.70. The van der Waals surface area contributed by atoms with Crippen LogP contribution in [0.2, 0.25) is 0 Å². The third-order valence-electron chi connectivity index (χ3n) is 4.72. The number of nitrogens with zero attached hydrogens (tertiary/aromatic N) is 1. The van der Waals surface area contributed by atoms with Crippen LogP contribution in [0.4, 0.5) is 0 Å². The van der Waals surface area contributed by atoms with Crippen LogP contribution in [0.25, 0.3) is 0 Å². The Labute approximate surface area is 105 Å². The number of hydrogen-bond donors (Lipinski definition) is 0. The van der Waals surface area contributed by atoms with Crippen molar-refractivity contribution in [3.8, 4) is 0 Å². The lowest BCUT2D eigenvalue weighted by atomic mass is 9.72. The molecule has 3 atom stereocenters. The molecule has 0 aliphatic heterocycles. The fraction of sp³-hybridized carbons (Fsp3) is 0.625. The van der Waals surface area contributed by atoms with Crippen molar-refractivity contribution in [3.05, 3.63) is 35.4 Å². The first-order valence-electron chi connectivity index (χ1n) is 6.98. The maximum Gasteiger partial charge on any atom is 0.000654 e. The van der Waals surface area contributed by atoms with Gasteiger partial charge in [-0.05, 0) is 62.2 Å². The molecule has 17 heavy (non-hydrogen) atoms. The summed E-state index contributed by atoms with van der Waals surface area (Å²) in [5.41, 5.74) is 3.30. The monoisotopic (exact) mass is 229 g/mol. The predicted octanol–water partition coefficient (Wildman–Crippen LogP) is 3.30. The van der Waals surface area contributed by atoms with E-state index in [1.54, 1.807) is 11.1 Å². The first-order chi connectivity index (χ1) is 8.25. The van der Waals surface area contributed by atoms with Crippen LogP contribution >= 0.6 is 0 Å². The first kappa shape index (κ1) is 11.3. The first-order valence-corrected chi connectivity index (χ1v) is 6.98. The molecule has 2 aliphatic rings. The maximum atomic E-state index is 2.37. The summed E-state index contributed by atoms with van der Waals surface area (Å²) in [6.45, 7) is 1.27. The molecule has 0 radical (unpaired) electrons. The summed E-state index contributed by atoms with van der Waals surface area (Å²) in [5, 5.41) is 0. The predicted molar refractivity (Wildman–Crippen MR) is 72.3 cm³/mol. The third-order valence-corrected chi connectivity index (χ3v) is 4.72. The Morgan fingerprint density at radius 2 is 2.00 bits per heavy atom. The van der Waals surface area contributed by atoms with Gasteiger partial charge >= 0.3 is 0 Å². The summed E-state index contributed by atoms with van der Waals surface area (Å²) < 4.78 is 0. The van der Waals surface area contributed by atoms with Crippen LogP contribution in [0.1, 0.15) is 36.3 Å². The van der Waals surface area contributed by atoms with Gasteiger partial charge in [-0.2, -0.15) is 0 Å². The van der Waals surface area contributed by atoms with Crippen molar-refractivity contribution in [3.63, 3.8) is 0 Å². The SMILES string of the molecule is CN(C)CC1CCCC2c3ccccc3CC12. The average Bonchev–Trinajstić information content (AvgIpc) is 2.68. The van der Waals surface area contributed by atoms with Gasteiger partial charge in [0.25, 0.3) is 0 Å². The zero-order chi connectivity index (χ0) is 11.8. The standard InChI is InChI=1S/C16H23N/c1-17(2)11-13-7-5-9-15-14-8-4-3-6-12(14)10-16(13)15/h3-4,6,8,13,15-16H,5,7,9-11H2,1-2H3. The van der Waals surface area contributed by atoms with Gasteiger partial charge < -0.3 is 4.90 Å². The number of hydrogen-bond acceptors (Lipinski definition) is 1. The highest BCUT2D eigenvalue weighted by molar-refractivity contribution is 5.37. The molecule has 0 bridgehead atoms. The Balaban J connectivity index is 1.84. The second kappa shape index (κ2) is 4.45. The molecule has 1 fully saturated rings. The van der Waals surface area contributed by atoms with Gasteiger partial charge in [-0.1, -0.05) is 30.7 Å². The van der Waals surface area contributed by atoms with E-state index >= 15 is 0 Å². The zero-order valence-electron chi connectivity index (χ0n) is 11.0. The highest BCUT2D eigenvalue weighted by atomic mass is 15.1. The second-order valence-electron chi connectivity index (χ2n) is 6.13. The summed E-state index contributed by atoms with van der Waals surface area (Å²) in [4.78, 5) is 2.37. The van der Waals surface area contributed by atoms with Gasteiger partial charge in [0.05, 0.1) is 0 Å². The molecule has 1 heteroatoms. The van der Waals surface area contributed by atoms with Gasteiger partial charge in [-0.25, -0.2) is 0 Å². The van der Waals surface area contributed by atoms with Gasteiger partial charge in [-0.3, -0.25) is 0 Å². The Bertz CT molecular complexity index is 396. The van der Waals surface area contributed by atoms with Gasteiger partial charge in [0, 0.05) is 6.54 Å². The Hall–Kier alpha value is -0.820. The Kier molecular flexibility index (Phi) is 2.96. The molecule has 3 unspecified atom stereocenters. The molecular formula is C16H23N. The molecule has 1 aromatic rings. The van der Waals surface area contributed by atoms with E-state index in [9.17, 15) is 0 Å². The molecule has 1 aromatic carbocycles. The largest absolute Gasteiger partial charge is 0.309 e. The van der Waals surface area contributed by atoms with Crippen LogP contribution in [0.15, 0.2) is 24.3 Å². The summed E-state index contributed by atoms with van der Waals surface area (Å²) in [6, 6.07) is 9.15. The molecule has 0 spiro atoms. The van der Waals surface area contributed by atoms with Crippen molar-refractivity contribution in [2.45, 2.75) is 31.6 Å².